The fourth-order valence-corrected chi connectivity index (χ4v) is 4.90. The third-order valence-corrected chi connectivity index (χ3v) is 6.42. The van der Waals surface area contributed by atoms with E-state index < -0.39 is 0 Å². The molecule has 0 saturated heterocycles. The molecule has 0 aromatic heterocycles. The lowest BCUT2D eigenvalue weighted by Crippen LogP contribution is -2.37. The molecule has 0 radical (unpaired) electrons. The summed E-state index contributed by atoms with van der Waals surface area (Å²) in [6.45, 7) is 0.297. The third-order valence-electron chi connectivity index (χ3n) is 5.08. The maximum atomic E-state index is 12.6. The predicted molar refractivity (Wildman–Crippen MR) is 112 cm³/mol. The molecule has 0 unspecified atom stereocenters. The first-order valence-electron chi connectivity index (χ1n) is 9.78. The number of benzene rings is 2. The number of rotatable bonds is 5. The fourth-order valence-electron chi connectivity index (χ4n) is 3.65. The van der Waals surface area contributed by atoms with Gasteiger partial charge in [-0.25, -0.2) is 0 Å². The predicted octanol–water partition coefficient (Wildman–Crippen LogP) is 4.48. The lowest BCUT2D eigenvalue weighted by molar-refractivity contribution is -0.121. The summed E-state index contributed by atoms with van der Waals surface area (Å²) in [4.78, 5) is 27.7. The van der Waals surface area contributed by atoms with Crippen LogP contribution in [0.4, 0.5) is 11.4 Å². The van der Waals surface area contributed by atoms with Gasteiger partial charge in [-0.2, -0.15) is 0 Å². The van der Waals surface area contributed by atoms with Gasteiger partial charge in [0.25, 0.3) is 0 Å². The largest absolute Gasteiger partial charge is 0.491 e. The molecule has 1 heterocycles. The van der Waals surface area contributed by atoms with Gasteiger partial charge in [-0.3, -0.25) is 14.5 Å². The van der Waals surface area contributed by atoms with Crippen molar-refractivity contribution in [3.63, 3.8) is 0 Å². The number of hydrogen-bond donors (Lipinski definition) is 1. The molecule has 146 valence electrons. The number of hydrogen-bond acceptors (Lipinski definition) is 4. The summed E-state index contributed by atoms with van der Waals surface area (Å²) >= 11 is 1.92. The van der Waals surface area contributed by atoms with Crippen molar-refractivity contribution in [3.8, 4) is 5.75 Å². The Morgan fingerprint density at radius 1 is 1.11 bits per heavy atom. The highest BCUT2D eigenvalue weighted by molar-refractivity contribution is 8.00. The van der Waals surface area contributed by atoms with E-state index in [1.54, 1.807) is 6.07 Å². The summed E-state index contributed by atoms with van der Waals surface area (Å²) in [6, 6.07) is 15.3. The maximum absolute atomic E-state index is 12.6. The van der Waals surface area contributed by atoms with Crippen LogP contribution in [-0.2, 0) is 9.59 Å². The van der Waals surface area contributed by atoms with Crippen molar-refractivity contribution in [2.45, 2.75) is 42.2 Å². The van der Waals surface area contributed by atoms with Gasteiger partial charge in [0.1, 0.15) is 12.3 Å². The van der Waals surface area contributed by atoms with Gasteiger partial charge in [0, 0.05) is 15.8 Å². The van der Waals surface area contributed by atoms with E-state index in [0.29, 0.717) is 18.0 Å². The zero-order valence-electron chi connectivity index (χ0n) is 15.7. The normalized spacial score (nSPS) is 17.0. The van der Waals surface area contributed by atoms with E-state index in [9.17, 15) is 9.59 Å². The monoisotopic (exact) mass is 396 g/mol. The van der Waals surface area contributed by atoms with E-state index in [1.165, 1.54) is 35.5 Å². The molecule has 0 spiro atoms. The molecule has 1 aliphatic heterocycles. The topological polar surface area (TPSA) is 58.6 Å². The molecule has 1 aliphatic carbocycles. The Labute approximate surface area is 169 Å². The van der Waals surface area contributed by atoms with Gasteiger partial charge in [-0.1, -0.05) is 25.0 Å². The summed E-state index contributed by atoms with van der Waals surface area (Å²) in [5, 5.41) is 3.62. The second kappa shape index (κ2) is 8.69. The molecule has 4 rings (SSSR count). The Hall–Kier alpha value is -2.47. The Morgan fingerprint density at radius 2 is 1.86 bits per heavy atom. The van der Waals surface area contributed by atoms with Crippen LogP contribution in [0, 0.1) is 0 Å². The van der Waals surface area contributed by atoms with E-state index in [0.717, 1.165) is 10.9 Å². The molecule has 1 saturated carbocycles. The number of amides is 2. The van der Waals surface area contributed by atoms with Crippen molar-refractivity contribution in [3.05, 3.63) is 48.5 Å². The number of carbonyl (C=O) groups excluding carboxylic acids is 2. The Balaban J connectivity index is 1.39. The van der Waals surface area contributed by atoms with E-state index >= 15 is 0 Å². The van der Waals surface area contributed by atoms with E-state index in [2.05, 4.69) is 17.4 Å². The molecule has 2 aliphatic rings. The quantitative estimate of drug-likeness (QED) is 0.810. The van der Waals surface area contributed by atoms with E-state index in [1.807, 2.05) is 42.1 Å². The molecule has 2 aromatic rings. The summed E-state index contributed by atoms with van der Waals surface area (Å²) in [7, 11) is 0. The lowest BCUT2D eigenvalue weighted by Gasteiger charge is -2.21. The Morgan fingerprint density at radius 3 is 2.64 bits per heavy atom. The summed E-state index contributed by atoms with van der Waals surface area (Å²) in [5.74, 6) is 0.305. The second-order valence-corrected chi connectivity index (χ2v) is 8.52. The van der Waals surface area contributed by atoms with Crippen LogP contribution in [0.5, 0.6) is 5.75 Å². The molecular weight excluding hydrogens is 372 g/mol. The SMILES string of the molecule is O=C(CN1C(=O)CCOc2ccccc21)Nc1ccc(SC2CCCC2)cc1. The number of fused-ring (bicyclic) bond motifs is 1. The van der Waals surface area contributed by atoms with E-state index in [4.69, 9.17) is 4.74 Å². The minimum Gasteiger partial charge on any atom is -0.491 e. The molecular formula is C22H24N2O3S. The zero-order valence-corrected chi connectivity index (χ0v) is 16.5. The van der Waals surface area contributed by atoms with Crippen molar-refractivity contribution >= 4 is 35.0 Å². The van der Waals surface area contributed by atoms with Gasteiger partial charge in [0.2, 0.25) is 11.8 Å². The number of para-hydroxylation sites is 2. The van der Waals surface area contributed by atoms with Crippen LogP contribution in [0.1, 0.15) is 32.1 Å². The van der Waals surface area contributed by atoms with Crippen LogP contribution in [-0.4, -0.2) is 30.2 Å². The zero-order chi connectivity index (χ0) is 19.3. The number of thioether (sulfide) groups is 1. The number of anilines is 2. The van der Waals surface area contributed by atoms with Crippen LogP contribution in [0.25, 0.3) is 0 Å². The number of ether oxygens (including phenoxy) is 1. The molecule has 0 bridgehead atoms. The van der Waals surface area contributed by atoms with Crippen LogP contribution in [0.2, 0.25) is 0 Å². The molecule has 6 heteroatoms. The summed E-state index contributed by atoms with van der Waals surface area (Å²) in [5.41, 5.74) is 1.39. The first kappa shape index (κ1) is 18.9. The average Bonchev–Trinajstić information content (AvgIpc) is 3.16. The maximum Gasteiger partial charge on any atom is 0.244 e. The summed E-state index contributed by atoms with van der Waals surface area (Å²) < 4.78 is 5.62. The highest BCUT2D eigenvalue weighted by Crippen LogP contribution is 2.35. The smallest absolute Gasteiger partial charge is 0.244 e. The van der Waals surface area contributed by atoms with Gasteiger partial charge in [-0.15, -0.1) is 11.8 Å². The third kappa shape index (κ3) is 4.50. The standard InChI is InChI=1S/C22H24N2O3S/c25-21(15-24-19-7-3-4-8-20(19)27-14-13-22(24)26)23-16-9-11-18(12-10-16)28-17-5-1-2-6-17/h3-4,7-12,17H,1-2,5-6,13-15H2,(H,23,25). The van der Waals surface area contributed by atoms with Gasteiger partial charge in [-0.05, 0) is 49.2 Å². The fraction of sp³-hybridized carbons (Fsp3) is 0.364. The molecule has 1 fully saturated rings. The van der Waals surface area contributed by atoms with Crippen molar-refractivity contribution in [1.29, 1.82) is 0 Å². The molecule has 1 N–H and O–H groups in total. The minimum absolute atomic E-state index is 0.0300. The minimum atomic E-state index is -0.221. The highest BCUT2D eigenvalue weighted by Gasteiger charge is 2.25. The van der Waals surface area contributed by atoms with Crippen molar-refractivity contribution in [2.24, 2.45) is 0 Å². The Bertz CT molecular complexity index is 847. The van der Waals surface area contributed by atoms with Crippen LogP contribution < -0.4 is 15.0 Å². The van der Waals surface area contributed by atoms with Crippen LogP contribution >= 0.6 is 11.8 Å². The lowest BCUT2D eigenvalue weighted by atomic mass is 10.2. The van der Waals surface area contributed by atoms with Gasteiger partial charge in [0.05, 0.1) is 18.7 Å². The van der Waals surface area contributed by atoms with Crippen LogP contribution in [0.3, 0.4) is 0 Å². The molecule has 2 aromatic carbocycles. The van der Waals surface area contributed by atoms with Crippen molar-refractivity contribution in [2.75, 3.05) is 23.4 Å². The van der Waals surface area contributed by atoms with Crippen LogP contribution in [0.15, 0.2) is 53.4 Å². The van der Waals surface area contributed by atoms with E-state index in [-0.39, 0.29) is 24.8 Å². The molecule has 0 atom stereocenters. The molecule has 2 amide bonds. The van der Waals surface area contributed by atoms with Gasteiger partial charge in [0.15, 0.2) is 0 Å². The van der Waals surface area contributed by atoms with Gasteiger partial charge < -0.3 is 10.1 Å². The number of carbonyl (C=O) groups is 2. The second-order valence-electron chi connectivity index (χ2n) is 7.14. The van der Waals surface area contributed by atoms with Crippen molar-refractivity contribution < 1.29 is 14.3 Å². The molecule has 5 nitrogen and oxygen atoms in total. The summed E-state index contributed by atoms with van der Waals surface area (Å²) in [6.07, 6.45) is 5.50. The average molecular weight is 397 g/mol. The Kier molecular flexibility index (Phi) is 5.86. The highest BCUT2D eigenvalue weighted by atomic mass is 32.2. The van der Waals surface area contributed by atoms with Gasteiger partial charge >= 0.3 is 0 Å². The molecule has 28 heavy (non-hydrogen) atoms. The number of nitrogens with zero attached hydrogens (tertiary/aromatic N) is 1. The first-order chi connectivity index (χ1) is 13.7. The first-order valence-corrected chi connectivity index (χ1v) is 10.7. The van der Waals surface area contributed by atoms with Crippen molar-refractivity contribution in [1.82, 2.24) is 0 Å². The number of nitrogens with one attached hydrogen (secondary N) is 1.